The molecule has 2 rings (SSSR count). The molecular formula is C16H16ClFN2O. The van der Waals surface area contributed by atoms with Gasteiger partial charge in [0.05, 0.1) is 5.56 Å². The Hall–Kier alpha value is -2.07. The van der Waals surface area contributed by atoms with Crippen molar-refractivity contribution in [2.75, 3.05) is 17.2 Å². The Morgan fingerprint density at radius 2 is 1.90 bits per heavy atom. The van der Waals surface area contributed by atoms with Gasteiger partial charge in [0.2, 0.25) is 0 Å². The van der Waals surface area contributed by atoms with Gasteiger partial charge in [-0.15, -0.1) is 0 Å². The lowest BCUT2D eigenvalue weighted by Crippen LogP contribution is -2.32. The molecule has 21 heavy (non-hydrogen) atoms. The fraction of sp³-hybridized carbons (Fsp3) is 0.188. The second kappa shape index (κ2) is 6.59. The molecule has 0 fully saturated rings. The van der Waals surface area contributed by atoms with Gasteiger partial charge in [0.25, 0.3) is 5.91 Å². The van der Waals surface area contributed by atoms with Crippen molar-refractivity contribution in [2.45, 2.75) is 13.3 Å². The summed E-state index contributed by atoms with van der Waals surface area (Å²) in [5.41, 5.74) is 6.95. The highest BCUT2D eigenvalue weighted by atomic mass is 35.5. The molecule has 2 aromatic rings. The number of nitrogens with zero attached hydrogens (tertiary/aromatic N) is 1. The largest absolute Gasteiger partial charge is 0.399 e. The SMILES string of the molecule is CCCN(C(=O)c1ccc(Cl)cc1F)c1ccc(N)cc1. The summed E-state index contributed by atoms with van der Waals surface area (Å²) in [6.07, 6.45) is 0.755. The molecule has 110 valence electrons. The van der Waals surface area contributed by atoms with Crippen LogP contribution in [0.2, 0.25) is 5.02 Å². The van der Waals surface area contributed by atoms with E-state index in [2.05, 4.69) is 0 Å². The number of hydrogen-bond donors (Lipinski definition) is 1. The van der Waals surface area contributed by atoms with Crippen molar-refractivity contribution in [3.8, 4) is 0 Å². The normalized spacial score (nSPS) is 10.4. The van der Waals surface area contributed by atoms with Crippen molar-refractivity contribution in [3.63, 3.8) is 0 Å². The van der Waals surface area contributed by atoms with Crippen LogP contribution in [0.3, 0.4) is 0 Å². The molecule has 0 bridgehead atoms. The maximum absolute atomic E-state index is 13.9. The number of carbonyl (C=O) groups excluding carboxylic acids is 1. The molecule has 2 N–H and O–H groups in total. The van der Waals surface area contributed by atoms with Crippen LogP contribution in [-0.2, 0) is 0 Å². The molecule has 0 unspecified atom stereocenters. The highest BCUT2D eigenvalue weighted by Crippen LogP contribution is 2.22. The van der Waals surface area contributed by atoms with Crippen LogP contribution in [0.25, 0.3) is 0 Å². The molecule has 5 heteroatoms. The molecule has 0 saturated carbocycles. The molecular weight excluding hydrogens is 291 g/mol. The third-order valence-electron chi connectivity index (χ3n) is 3.06. The Labute approximate surface area is 128 Å². The first kappa shape index (κ1) is 15.3. The van der Waals surface area contributed by atoms with E-state index in [4.69, 9.17) is 17.3 Å². The molecule has 2 aromatic carbocycles. The minimum absolute atomic E-state index is 0.00433. The number of nitrogens with two attached hydrogens (primary N) is 1. The van der Waals surface area contributed by atoms with E-state index in [-0.39, 0.29) is 10.6 Å². The zero-order valence-corrected chi connectivity index (χ0v) is 12.4. The monoisotopic (exact) mass is 306 g/mol. The third kappa shape index (κ3) is 3.52. The zero-order valence-electron chi connectivity index (χ0n) is 11.6. The summed E-state index contributed by atoms with van der Waals surface area (Å²) in [5.74, 6) is -1.01. The summed E-state index contributed by atoms with van der Waals surface area (Å²) in [6, 6.07) is 11.0. The van der Waals surface area contributed by atoms with Crippen molar-refractivity contribution in [1.82, 2.24) is 0 Å². The molecule has 0 atom stereocenters. The molecule has 0 spiro atoms. The van der Waals surface area contributed by atoms with Crippen molar-refractivity contribution >= 4 is 28.9 Å². The van der Waals surface area contributed by atoms with E-state index >= 15 is 0 Å². The van der Waals surface area contributed by atoms with Crippen LogP contribution in [0.15, 0.2) is 42.5 Å². The van der Waals surface area contributed by atoms with Gasteiger partial charge in [0.15, 0.2) is 0 Å². The van der Waals surface area contributed by atoms with Gasteiger partial charge in [0, 0.05) is 22.9 Å². The highest BCUT2D eigenvalue weighted by molar-refractivity contribution is 6.30. The van der Waals surface area contributed by atoms with Gasteiger partial charge in [-0.2, -0.15) is 0 Å². The van der Waals surface area contributed by atoms with Crippen LogP contribution in [0.5, 0.6) is 0 Å². The fourth-order valence-electron chi connectivity index (χ4n) is 2.03. The minimum atomic E-state index is -0.621. The fourth-order valence-corrected chi connectivity index (χ4v) is 2.19. The summed E-state index contributed by atoms with van der Waals surface area (Å²) < 4.78 is 13.9. The Morgan fingerprint density at radius 1 is 1.24 bits per heavy atom. The standard InChI is InChI=1S/C16H16ClFN2O/c1-2-9-20(13-6-4-12(19)5-7-13)16(21)14-8-3-11(17)10-15(14)18/h3-8,10H,2,9,19H2,1H3. The second-order valence-electron chi connectivity index (χ2n) is 4.67. The molecule has 0 radical (unpaired) electrons. The van der Waals surface area contributed by atoms with E-state index in [0.717, 1.165) is 12.5 Å². The van der Waals surface area contributed by atoms with Crippen molar-refractivity contribution in [2.24, 2.45) is 0 Å². The first-order chi connectivity index (χ1) is 10.0. The molecule has 0 aliphatic rings. The number of benzene rings is 2. The third-order valence-corrected chi connectivity index (χ3v) is 3.29. The number of rotatable bonds is 4. The smallest absolute Gasteiger partial charge is 0.261 e. The zero-order chi connectivity index (χ0) is 15.4. The summed E-state index contributed by atoms with van der Waals surface area (Å²) in [4.78, 5) is 14.1. The number of halogens is 2. The van der Waals surface area contributed by atoms with Crippen LogP contribution < -0.4 is 10.6 Å². The van der Waals surface area contributed by atoms with Crippen LogP contribution in [0, 0.1) is 5.82 Å². The Kier molecular flexibility index (Phi) is 4.81. The van der Waals surface area contributed by atoms with E-state index < -0.39 is 11.7 Å². The first-order valence-electron chi connectivity index (χ1n) is 6.65. The summed E-state index contributed by atoms with van der Waals surface area (Å²) in [7, 11) is 0. The summed E-state index contributed by atoms with van der Waals surface area (Å²) in [5, 5.41) is 0.263. The van der Waals surface area contributed by atoms with Crippen LogP contribution in [0.1, 0.15) is 23.7 Å². The van der Waals surface area contributed by atoms with Crippen molar-refractivity contribution in [3.05, 3.63) is 58.9 Å². The first-order valence-corrected chi connectivity index (χ1v) is 7.03. The number of hydrogen-bond acceptors (Lipinski definition) is 2. The maximum atomic E-state index is 13.9. The van der Waals surface area contributed by atoms with E-state index in [1.807, 2.05) is 6.92 Å². The van der Waals surface area contributed by atoms with E-state index in [1.165, 1.54) is 17.0 Å². The minimum Gasteiger partial charge on any atom is -0.399 e. The molecule has 1 amide bonds. The average molecular weight is 307 g/mol. The molecule has 0 saturated heterocycles. The van der Waals surface area contributed by atoms with Gasteiger partial charge in [-0.3, -0.25) is 4.79 Å². The molecule has 0 aliphatic heterocycles. The van der Waals surface area contributed by atoms with E-state index in [0.29, 0.717) is 17.9 Å². The van der Waals surface area contributed by atoms with E-state index in [1.54, 1.807) is 24.3 Å². The maximum Gasteiger partial charge on any atom is 0.261 e. The Bertz CT molecular complexity index is 643. The van der Waals surface area contributed by atoms with Gasteiger partial charge in [-0.25, -0.2) is 4.39 Å². The number of anilines is 2. The molecule has 0 heterocycles. The second-order valence-corrected chi connectivity index (χ2v) is 5.11. The van der Waals surface area contributed by atoms with Gasteiger partial charge >= 0.3 is 0 Å². The lowest BCUT2D eigenvalue weighted by atomic mass is 10.1. The lowest BCUT2D eigenvalue weighted by molar-refractivity contribution is 0.0983. The van der Waals surface area contributed by atoms with Gasteiger partial charge < -0.3 is 10.6 Å². The summed E-state index contributed by atoms with van der Waals surface area (Å²) in [6.45, 7) is 2.45. The van der Waals surface area contributed by atoms with Crippen molar-refractivity contribution in [1.29, 1.82) is 0 Å². The van der Waals surface area contributed by atoms with Crippen LogP contribution >= 0.6 is 11.6 Å². The number of carbonyl (C=O) groups is 1. The van der Waals surface area contributed by atoms with Crippen LogP contribution in [-0.4, -0.2) is 12.5 Å². The van der Waals surface area contributed by atoms with Crippen molar-refractivity contribution < 1.29 is 9.18 Å². The summed E-state index contributed by atoms with van der Waals surface area (Å²) >= 11 is 5.72. The number of nitrogen functional groups attached to an aromatic ring is 1. The predicted molar refractivity (Wildman–Crippen MR) is 84.2 cm³/mol. The van der Waals surface area contributed by atoms with E-state index in [9.17, 15) is 9.18 Å². The highest BCUT2D eigenvalue weighted by Gasteiger charge is 2.20. The molecule has 0 aromatic heterocycles. The Morgan fingerprint density at radius 3 is 2.48 bits per heavy atom. The molecule has 0 aliphatic carbocycles. The average Bonchev–Trinajstić information content (AvgIpc) is 2.45. The van der Waals surface area contributed by atoms with Crippen LogP contribution in [0.4, 0.5) is 15.8 Å². The quantitative estimate of drug-likeness (QED) is 0.864. The predicted octanol–water partition coefficient (Wildman–Crippen LogP) is 4.12. The van der Waals surface area contributed by atoms with Gasteiger partial charge in [0.1, 0.15) is 5.82 Å². The van der Waals surface area contributed by atoms with Gasteiger partial charge in [-0.05, 0) is 48.9 Å². The lowest BCUT2D eigenvalue weighted by Gasteiger charge is -2.22. The topological polar surface area (TPSA) is 46.3 Å². The number of amides is 1. The Balaban J connectivity index is 2.37. The molecule has 3 nitrogen and oxygen atoms in total. The van der Waals surface area contributed by atoms with Gasteiger partial charge in [-0.1, -0.05) is 18.5 Å².